The summed E-state index contributed by atoms with van der Waals surface area (Å²) in [5.41, 5.74) is 0.940. The van der Waals surface area contributed by atoms with Gasteiger partial charge in [-0.25, -0.2) is 0 Å². The molecule has 0 saturated heterocycles. The molecule has 0 aliphatic carbocycles. The van der Waals surface area contributed by atoms with Crippen LogP contribution in [-0.4, -0.2) is 20.7 Å². The van der Waals surface area contributed by atoms with Crippen LogP contribution in [0.1, 0.15) is 13.3 Å². The number of carboxylic acid groups (broad SMARTS) is 1. The van der Waals surface area contributed by atoms with Gasteiger partial charge >= 0.3 is 5.97 Å². The third kappa shape index (κ3) is 2.20. The summed E-state index contributed by atoms with van der Waals surface area (Å²) in [4.78, 5) is 11.0. The lowest BCUT2D eigenvalue weighted by molar-refractivity contribution is -0.136. The van der Waals surface area contributed by atoms with Crippen molar-refractivity contribution in [2.45, 2.75) is 22.8 Å². The smallest absolute Gasteiger partial charge is 0.317 e. The van der Waals surface area contributed by atoms with Crippen LogP contribution in [0.5, 0.6) is 0 Å². The molecule has 1 N–H and O–H groups in total. The number of fused-ring (bicyclic) bond motifs is 1. The Bertz CT molecular complexity index is 509. The van der Waals surface area contributed by atoms with Crippen LogP contribution in [0.4, 0.5) is 0 Å². The molecule has 2 rings (SSSR count). The van der Waals surface area contributed by atoms with Gasteiger partial charge in [-0.05, 0) is 24.0 Å². The first-order valence-corrected chi connectivity index (χ1v) is 6.61. The largest absolute Gasteiger partial charge is 0.480 e. The maximum Gasteiger partial charge on any atom is 0.317 e. The van der Waals surface area contributed by atoms with E-state index in [0.29, 0.717) is 6.42 Å². The molecule has 1 aromatic heterocycles. The van der Waals surface area contributed by atoms with Gasteiger partial charge in [0, 0.05) is 5.39 Å². The van der Waals surface area contributed by atoms with Gasteiger partial charge in [-0.15, -0.1) is 0 Å². The van der Waals surface area contributed by atoms with Gasteiger partial charge in [0.05, 0.1) is 9.73 Å². The number of thioether (sulfide) groups is 1. The van der Waals surface area contributed by atoms with E-state index in [9.17, 15) is 4.79 Å². The molecule has 0 bridgehead atoms. The second-order valence-corrected chi connectivity index (χ2v) is 5.58. The quantitative estimate of drug-likeness (QED) is 0.850. The van der Waals surface area contributed by atoms with Gasteiger partial charge in [-0.1, -0.05) is 36.9 Å². The molecule has 1 unspecified atom stereocenters. The Kier molecular flexibility index (Phi) is 3.46. The fourth-order valence-electron chi connectivity index (χ4n) is 1.39. The van der Waals surface area contributed by atoms with Gasteiger partial charge in [0.2, 0.25) is 0 Å². The molecule has 0 radical (unpaired) electrons. The maximum atomic E-state index is 11.0. The third-order valence-corrected chi connectivity index (χ3v) is 4.69. The van der Waals surface area contributed by atoms with Crippen LogP contribution in [0.25, 0.3) is 10.9 Å². The second kappa shape index (κ2) is 4.84. The van der Waals surface area contributed by atoms with Gasteiger partial charge < -0.3 is 5.11 Å². The summed E-state index contributed by atoms with van der Waals surface area (Å²) in [6, 6.07) is 7.81. The van der Waals surface area contributed by atoms with Crippen LogP contribution in [-0.2, 0) is 4.79 Å². The molecule has 0 aliphatic heterocycles. The summed E-state index contributed by atoms with van der Waals surface area (Å²) < 4.78 is 5.28. The Hall–Kier alpha value is -1.07. The molecule has 0 aliphatic rings. The number of rotatable bonds is 4. The Morgan fingerprint density at radius 2 is 2.31 bits per heavy atom. The maximum absolute atomic E-state index is 11.0. The van der Waals surface area contributed by atoms with Crippen LogP contribution < -0.4 is 0 Å². The summed E-state index contributed by atoms with van der Waals surface area (Å²) in [6.07, 6.45) is 0.617. The van der Waals surface area contributed by atoms with Crippen molar-refractivity contribution in [3.05, 3.63) is 24.3 Å². The monoisotopic (exact) mass is 253 g/mol. The number of aliphatic carboxylic acids is 1. The predicted molar refractivity (Wildman–Crippen MR) is 67.2 cm³/mol. The van der Waals surface area contributed by atoms with Crippen molar-refractivity contribution in [3.8, 4) is 0 Å². The summed E-state index contributed by atoms with van der Waals surface area (Å²) in [5, 5.41) is 9.68. The fraction of sp³-hybridized carbons (Fsp3) is 0.273. The first-order valence-electron chi connectivity index (χ1n) is 4.96. The minimum absolute atomic E-state index is 0.385. The molecule has 3 nitrogen and oxygen atoms in total. The highest BCUT2D eigenvalue weighted by atomic mass is 32.2. The number of hydrogen-bond acceptors (Lipinski definition) is 4. The first-order chi connectivity index (χ1) is 7.72. The third-order valence-electron chi connectivity index (χ3n) is 2.25. The van der Waals surface area contributed by atoms with Crippen LogP contribution in [0, 0.1) is 0 Å². The molecule has 0 saturated carbocycles. The molecule has 5 heteroatoms. The van der Waals surface area contributed by atoms with Crippen molar-refractivity contribution in [3.63, 3.8) is 0 Å². The van der Waals surface area contributed by atoms with Crippen molar-refractivity contribution in [1.82, 2.24) is 4.37 Å². The van der Waals surface area contributed by atoms with E-state index in [1.54, 1.807) is 0 Å². The van der Waals surface area contributed by atoms with E-state index in [2.05, 4.69) is 4.37 Å². The lowest BCUT2D eigenvalue weighted by Crippen LogP contribution is -2.14. The van der Waals surface area contributed by atoms with E-state index >= 15 is 0 Å². The summed E-state index contributed by atoms with van der Waals surface area (Å²) in [7, 11) is 0. The Morgan fingerprint density at radius 3 is 3.00 bits per heavy atom. The Morgan fingerprint density at radius 1 is 1.56 bits per heavy atom. The average Bonchev–Trinajstić information content (AvgIpc) is 2.69. The normalized spacial score (nSPS) is 12.8. The molecule has 0 fully saturated rings. The summed E-state index contributed by atoms with van der Waals surface area (Å²) in [5.74, 6) is -0.759. The molecule has 16 heavy (non-hydrogen) atoms. The number of nitrogens with zero attached hydrogens (tertiary/aromatic N) is 1. The topological polar surface area (TPSA) is 50.2 Å². The van der Waals surface area contributed by atoms with Gasteiger partial charge in [-0.2, -0.15) is 4.37 Å². The highest BCUT2D eigenvalue weighted by molar-refractivity contribution is 8.02. The van der Waals surface area contributed by atoms with E-state index in [1.165, 1.54) is 23.3 Å². The zero-order valence-corrected chi connectivity index (χ0v) is 10.3. The number of carboxylic acids is 1. The SMILES string of the molecule is CCC(Sc1snc2ccccc12)C(=O)O. The van der Waals surface area contributed by atoms with E-state index in [1.807, 2.05) is 31.2 Å². The Balaban J connectivity index is 2.30. The van der Waals surface area contributed by atoms with E-state index in [0.717, 1.165) is 15.1 Å². The minimum atomic E-state index is -0.759. The highest BCUT2D eigenvalue weighted by Gasteiger charge is 2.19. The van der Waals surface area contributed by atoms with Gasteiger partial charge in [0.15, 0.2) is 0 Å². The molecule has 1 atom stereocenters. The molecular formula is C11H11NO2S2. The molecule has 0 amide bonds. The molecule has 1 heterocycles. The van der Waals surface area contributed by atoms with Crippen molar-refractivity contribution in [2.75, 3.05) is 0 Å². The standard InChI is InChI=1S/C11H11NO2S2/c1-2-9(10(13)14)15-11-7-5-3-4-6-8(7)12-16-11/h3-6,9H,2H2,1H3,(H,13,14). The number of benzene rings is 1. The number of aromatic nitrogens is 1. The van der Waals surface area contributed by atoms with Gasteiger partial charge in [0.25, 0.3) is 0 Å². The lowest BCUT2D eigenvalue weighted by atomic mass is 10.3. The lowest BCUT2D eigenvalue weighted by Gasteiger charge is -2.06. The number of hydrogen-bond donors (Lipinski definition) is 1. The van der Waals surface area contributed by atoms with Crippen molar-refractivity contribution < 1.29 is 9.90 Å². The average molecular weight is 253 g/mol. The van der Waals surface area contributed by atoms with Gasteiger partial charge in [-0.3, -0.25) is 4.79 Å². The summed E-state index contributed by atoms with van der Waals surface area (Å²) in [6.45, 7) is 1.88. The van der Waals surface area contributed by atoms with E-state index in [-0.39, 0.29) is 5.25 Å². The first kappa shape index (κ1) is 11.4. The van der Waals surface area contributed by atoms with E-state index in [4.69, 9.17) is 5.11 Å². The molecule has 0 spiro atoms. The van der Waals surface area contributed by atoms with Gasteiger partial charge in [0.1, 0.15) is 5.25 Å². The zero-order valence-electron chi connectivity index (χ0n) is 8.71. The molecule has 2 aromatic rings. The second-order valence-electron chi connectivity index (χ2n) is 3.34. The minimum Gasteiger partial charge on any atom is -0.480 e. The fourth-order valence-corrected chi connectivity index (χ4v) is 3.46. The molecule has 1 aromatic carbocycles. The highest BCUT2D eigenvalue weighted by Crippen LogP contribution is 2.35. The van der Waals surface area contributed by atoms with Crippen molar-refractivity contribution in [2.24, 2.45) is 0 Å². The predicted octanol–water partition coefficient (Wildman–Crippen LogP) is 3.25. The van der Waals surface area contributed by atoms with E-state index < -0.39 is 5.97 Å². The number of carbonyl (C=O) groups is 1. The van der Waals surface area contributed by atoms with Crippen LogP contribution in [0.15, 0.2) is 28.5 Å². The Labute approximate surface area is 102 Å². The summed E-state index contributed by atoms with van der Waals surface area (Å²) >= 11 is 2.76. The van der Waals surface area contributed by atoms with Crippen molar-refractivity contribution in [1.29, 1.82) is 0 Å². The zero-order chi connectivity index (χ0) is 11.5. The van der Waals surface area contributed by atoms with Crippen LogP contribution in [0.2, 0.25) is 0 Å². The molecule has 84 valence electrons. The molecular weight excluding hydrogens is 242 g/mol. The van der Waals surface area contributed by atoms with Crippen LogP contribution >= 0.6 is 23.3 Å². The van der Waals surface area contributed by atoms with Crippen molar-refractivity contribution >= 4 is 40.2 Å². The van der Waals surface area contributed by atoms with Crippen LogP contribution in [0.3, 0.4) is 0 Å².